The van der Waals surface area contributed by atoms with Gasteiger partial charge in [0.2, 0.25) is 0 Å². The number of urea groups is 1. The lowest BCUT2D eigenvalue weighted by molar-refractivity contribution is -0.144. The van der Waals surface area contributed by atoms with Crippen molar-refractivity contribution >= 4 is 17.8 Å². The molecule has 0 bridgehead atoms. The van der Waals surface area contributed by atoms with Gasteiger partial charge in [-0.15, -0.1) is 6.42 Å². The van der Waals surface area contributed by atoms with Crippen LogP contribution in [0.4, 0.5) is 9.18 Å². The maximum absolute atomic E-state index is 12.9. The van der Waals surface area contributed by atoms with Crippen molar-refractivity contribution in [3.05, 3.63) is 0 Å². The fourth-order valence-electron chi connectivity index (χ4n) is 1.00. The zero-order chi connectivity index (χ0) is 10.9. The van der Waals surface area contributed by atoms with Crippen LogP contribution >= 0.6 is 0 Å². The number of terminal acetylenes is 1. The minimum atomic E-state index is -2.36. The van der Waals surface area contributed by atoms with Gasteiger partial charge in [-0.2, -0.15) is 0 Å². The second-order valence-corrected chi connectivity index (χ2v) is 2.71. The number of hydrogen-bond acceptors (Lipinski definition) is 3. The molecule has 0 spiro atoms. The summed E-state index contributed by atoms with van der Waals surface area (Å²) in [6.45, 7) is 1.37. The zero-order valence-electron chi connectivity index (χ0n) is 7.28. The zero-order valence-corrected chi connectivity index (χ0v) is 7.28. The molecule has 0 aromatic heterocycles. The molecule has 1 aliphatic heterocycles. The number of nitrogens with zero attached hydrogens (tertiary/aromatic N) is 1. The first-order valence-corrected chi connectivity index (χ1v) is 3.77. The SMILES string of the molecule is C#CC(C)N1C(=O)NC(=O)C(F)C1=O. The molecule has 0 radical (unpaired) electrons. The van der Waals surface area contributed by atoms with Crippen LogP contribution in [-0.4, -0.2) is 35.0 Å². The number of rotatable bonds is 1. The molecule has 14 heavy (non-hydrogen) atoms. The molecule has 0 aromatic carbocycles. The molecule has 0 aliphatic carbocycles. The van der Waals surface area contributed by atoms with Gasteiger partial charge in [-0.05, 0) is 6.92 Å². The van der Waals surface area contributed by atoms with Crippen molar-refractivity contribution in [2.24, 2.45) is 0 Å². The largest absolute Gasteiger partial charge is 0.332 e. The van der Waals surface area contributed by atoms with E-state index in [-0.39, 0.29) is 0 Å². The second-order valence-electron chi connectivity index (χ2n) is 2.71. The lowest BCUT2D eigenvalue weighted by Crippen LogP contribution is -2.61. The monoisotopic (exact) mass is 198 g/mol. The van der Waals surface area contributed by atoms with E-state index in [1.54, 1.807) is 5.32 Å². The molecule has 1 fully saturated rings. The maximum Gasteiger partial charge on any atom is 0.332 e. The van der Waals surface area contributed by atoms with Gasteiger partial charge in [-0.25, -0.2) is 14.1 Å². The van der Waals surface area contributed by atoms with Gasteiger partial charge >= 0.3 is 6.03 Å². The molecular formula is C8H7FN2O3. The Morgan fingerprint density at radius 1 is 1.57 bits per heavy atom. The summed E-state index contributed by atoms with van der Waals surface area (Å²) in [6, 6.07) is -1.87. The summed E-state index contributed by atoms with van der Waals surface area (Å²) in [5.74, 6) is -0.371. The number of amides is 4. The average Bonchev–Trinajstić information content (AvgIpc) is 2.14. The highest BCUT2D eigenvalue weighted by molar-refractivity contribution is 6.18. The van der Waals surface area contributed by atoms with Gasteiger partial charge in [-0.3, -0.25) is 14.9 Å². The highest BCUT2D eigenvalue weighted by Gasteiger charge is 2.42. The minimum Gasteiger partial charge on any atom is -0.275 e. The van der Waals surface area contributed by atoms with Crippen LogP contribution < -0.4 is 5.32 Å². The topological polar surface area (TPSA) is 66.5 Å². The van der Waals surface area contributed by atoms with Crippen LogP contribution in [0.5, 0.6) is 0 Å². The summed E-state index contributed by atoms with van der Waals surface area (Å²) < 4.78 is 12.9. The first-order valence-electron chi connectivity index (χ1n) is 3.77. The Hall–Kier alpha value is -1.90. The number of nitrogens with one attached hydrogen (secondary N) is 1. The summed E-state index contributed by atoms with van der Waals surface area (Å²) in [6.07, 6.45) is 2.62. The molecule has 6 heteroatoms. The third-order valence-corrected chi connectivity index (χ3v) is 1.76. The Morgan fingerprint density at radius 2 is 2.14 bits per heavy atom. The molecular weight excluding hydrogens is 191 g/mol. The summed E-state index contributed by atoms with van der Waals surface area (Å²) in [5.41, 5.74) is 0. The molecule has 1 rings (SSSR count). The molecule has 2 atom stereocenters. The molecule has 1 saturated heterocycles. The number of imide groups is 2. The Morgan fingerprint density at radius 3 is 2.64 bits per heavy atom. The molecule has 4 amide bonds. The van der Waals surface area contributed by atoms with Crippen molar-refractivity contribution in [2.75, 3.05) is 0 Å². The van der Waals surface area contributed by atoms with Gasteiger partial charge in [0.15, 0.2) is 0 Å². The van der Waals surface area contributed by atoms with Gasteiger partial charge in [0, 0.05) is 0 Å². The Kier molecular flexibility index (Phi) is 2.51. The van der Waals surface area contributed by atoms with E-state index in [4.69, 9.17) is 6.42 Å². The van der Waals surface area contributed by atoms with Crippen molar-refractivity contribution < 1.29 is 18.8 Å². The van der Waals surface area contributed by atoms with Crippen LogP contribution in [-0.2, 0) is 9.59 Å². The summed E-state index contributed by atoms with van der Waals surface area (Å²) >= 11 is 0. The predicted octanol–water partition coefficient (Wildman–Crippen LogP) is -0.575. The Balaban J connectivity index is 2.97. The lowest BCUT2D eigenvalue weighted by Gasteiger charge is -2.28. The molecule has 1 aliphatic rings. The highest BCUT2D eigenvalue weighted by Crippen LogP contribution is 2.10. The second kappa shape index (κ2) is 3.46. The van der Waals surface area contributed by atoms with Gasteiger partial charge in [0.1, 0.15) is 0 Å². The van der Waals surface area contributed by atoms with E-state index in [2.05, 4.69) is 5.92 Å². The van der Waals surface area contributed by atoms with E-state index in [1.807, 2.05) is 0 Å². The van der Waals surface area contributed by atoms with E-state index >= 15 is 0 Å². The molecule has 2 unspecified atom stereocenters. The Labute approximate surface area is 79.2 Å². The summed E-state index contributed by atoms with van der Waals surface area (Å²) in [5, 5.41) is 1.68. The van der Waals surface area contributed by atoms with Gasteiger partial charge < -0.3 is 0 Å². The number of carbonyl (C=O) groups excluding carboxylic acids is 3. The van der Waals surface area contributed by atoms with E-state index in [1.165, 1.54) is 6.92 Å². The number of hydrogen-bond donors (Lipinski definition) is 1. The normalized spacial score (nSPS) is 24.2. The van der Waals surface area contributed by atoms with Crippen LogP contribution in [0.15, 0.2) is 0 Å². The first-order chi connectivity index (χ1) is 6.49. The van der Waals surface area contributed by atoms with Crippen molar-refractivity contribution in [2.45, 2.75) is 19.1 Å². The number of halogens is 1. The van der Waals surface area contributed by atoms with Crippen LogP contribution in [0, 0.1) is 12.3 Å². The van der Waals surface area contributed by atoms with Crippen molar-refractivity contribution in [3.63, 3.8) is 0 Å². The van der Waals surface area contributed by atoms with Crippen LogP contribution in [0.1, 0.15) is 6.92 Å². The fraction of sp³-hybridized carbons (Fsp3) is 0.375. The molecule has 1 N–H and O–H groups in total. The van der Waals surface area contributed by atoms with E-state index < -0.39 is 30.1 Å². The molecule has 5 nitrogen and oxygen atoms in total. The first kappa shape index (κ1) is 10.2. The average molecular weight is 198 g/mol. The minimum absolute atomic E-state index is 0.506. The predicted molar refractivity (Wildman–Crippen MR) is 43.6 cm³/mol. The quantitative estimate of drug-likeness (QED) is 0.453. The Bertz CT molecular complexity index is 347. The van der Waals surface area contributed by atoms with Gasteiger partial charge in [0.05, 0.1) is 6.04 Å². The van der Waals surface area contributed by atoms with E-state index in [0.717, 1.165) is 0 Å². The van der Waals surface area contributed by atoms with E-state index in [9.17, 15) is 18.8 Å². The van der Waals surface area contributed by atoms with Crippen molar-refractivity contribution in [1.29, 1.82) is 0 Å². The maximum atomic E-state index is 12.9. The third kappa shape index (κ3) is 1.44. The lowest BCUT2D eigenvalue weighted by atomic mass is 10.2. The molecule has 0 saturated carbocycles. The molecule has 0 aromatic rings. The molecule has 74 valence electrons. The standard InChI is InChI=1S/C8H7FN2O3/c1-3-4(2)11-7(13)5(9)6(12)10-8(11)14/h1,4-5H,2H3,(H,10,12,14). The van der Waals surface area contributed by atoms with Crippen molar-refractivity contribution in [3.8, 4) is 12.3 Å². The number of barbiturate groups is 1. The summed E-state index contributed by atoms with van der Waals surface area (Å²) in [4.78, 5) is 33.4. The number of alkyl halides is 1. The highest BCUT2D eigenvalue weighted by atomic mass is 19.1. The summed E-state index contributed by atoms with van der Waals surface area (Å²) in [7, 11) is 0. The number of carbonyl (C=O) groups is 3. The fourth-order valence-corrected chi connectivity index (χ4v) is 1.00. The van der Waals surface area contributed by atoms with Crippen LogP contribution in [0.2, 0.25) is 0 Å². The smallest absolute Gasteiger partial charge is 0.275 e. The van der Waals surface area contributed by atoms with Gasteiger partial charge in [-0.1, -0.05) is 5.92 Å². The van der Waals surface area contributed by atoms with Gasteiger partial charge in [0.25, 0.3) is 18.0 Å². The van der Waals surface area contributed by atoms with Crippen molar-refractivity contribution in [1.82, 2.24) is 10.2 Å². The third-order valence-electron chi connectivity index (χ3n) is 1.76. The van der Waals surface area contributed by atoms with Crippen LogP contribution in [0.25, 0.3) is 0 Å². The molecule has 1 heterocycles. The van der Waals surface area contributed by atoms with E-state index in [0.29, 0.717) is 4.90 Å². The van der Waals surface area contributed by atoms with Crippen LogP contribution in [0.3, 0.4) is 0 Å².